The fourth-order valence-electron chi connectivity index (χ4n) is 4.85. The predicted octanol–water partition coefficient (Wildman–Crippen LogP) is 6.37. The van der Waals surface area contributed by atoms with E-state index in [4.69, 9.17) is 9.47 Å². The van der Waals surface area contributed by atoms with Crippen molar-refractivity contribution in [1.82, 2.24) is 0 Å². The largest absolute Gasteiger partial charge is 1.00 e. The maximum atomic E-state index is 13.6. The first-order chi connectivity index (χ1) is 17.7. The molecule has 0 aromatic heterocycles. The maximum absolute atomic E-state index is 13.6. The Bertz CT molecular complexity index is 1010. The molecule has 3 nitrogen and oxygen atoms in total. The second-order valence-electron chi connectivity index (χ2n) is 10.7. The number of carbonyl (C=O) groups excluding carboxylic acids is 1. The molecule has 0 amide bonds. The summed E-state index contributed by atoms with van der Waals surface area (Å²) in [4.78, 5) is 13.6. The van der Waals surface area contributed by atoms with Crippen molar-refractivity contribution >= 4 is 19.4 Å². The summed E-state index contributed by atoms with van der Waals surface area (Å²) in [5.74, 6) is 2.74. The number of carbonyl (C=O) groups is 1. The van der Waals surface area contributed by atoms with Crippen LogP contribution in [-0.2, 0) is 0 Å². The maximum Gasteiger partial charge on any atom is 1.00 e. The van der Waals surface area contributed by atoms with Crippen molar-refractivity contribution in [2.75, 3.05) is 13.2 Å². The molecule has 3 atom stereocenters. The zero-order valence-electron chi connectivity index (χ0n) is 26.8. The van der Waals surface area contributed by atoms with E-state index in [-0.39, 0.29) is 34.4 Å². The van der Waals surface area contributed by atoms with Gasteiger partial charge in [0.05, 0.1) is 13.2 Å². The Balaban J connectivity index is 0.00000722. The summed E-state index contributed by atoms with van der Waals surface area (Å²) in [5, 5.41) is 0.970. The molecule has 0 aliphatic rings. The summed E-state index contributed by atoms with van der Waals surface area (Å²) < 4.78 is 12.7. The number of hydrogen-bond acceptors (Lipinski definition) is 3. The van der Waals surface area contributed by atoms with Gasteiger partial charge < -0.3 is 10.9 Å². The van der Waals surface area contributed by atoms with Crippen LogP contribution in [0.1, 0.15) is 113 Å². The third-order valence-electron chi connectivity index (χ3n) is 7.83. The van der Waals surface area contributed by atoms with Crippen LogP contribution in [0, 0.1) is 39.5 Å². The normalized spacial score (nSPS) is 12.8. The second-order valence-corrected chi connectivity index (χ2v) is 11.9. The van der Waals surface area contributed by atoms with Crippen LogP contribution in [0.3, 0.4) is 0 Å². The first-order valence-corrected chi connectivity index (χ1v) is 15.5. The average molecular weight is 535 g/mol. The number of benzene rings is 2. The molecule has 208 valence electrons. The van der Waals surface area contributed by atoms with Crippen molar-refractivity contribution < 1.29 is 34.6 Å². The molecule has 0 bridgehead atoms. The van der Waals surface area contributed by atoms with Gasteiger partial charge in [0.15, 0.2) is 5.52 Å². The molecule has 0 aliphatic carbocycles. The third-order valence-corrected chi connectivity index (χ3v) is 8.99. The Labute approximate surface area is 248 Å². The van der Waals surface area contributed by atoms with Gasteiger partial charge in [-0.2, -0.15) is 0 Å². The Morgan fingerprint density at radius 1 is 0.816 bits per heavy atom. The van der Waals surface area contributed by atoms with Crippen LogP contribution in [0.25, 0.3) is 0 Å². The predicted molar refractivity (Wildman–Crippen MR) is 163 cm³/mol. The molecule has 0 radical (unpaired) electrons. The van der Waals surface area contributed by atoms with Gasteiger partial charge in [-0.25, -0.2) is 0 Å². The van der Waals surface area contributed by atoms with Gasteiger partial charge >= 0.3 is 18.9 Å². The smallest absolute Gasteiger partial charge is 1.00 e. The van der Waals surface area contributed by atoms with Crippen molar-refractivity contribution in [3.05, 3.63) is 52.1 Å². The summed E-state index contributed by atoms with van der Waals surface area (Å²) in [6.07, 6.45) is 9.49. The summed E-state index contributed by atoms with van der Waals surface area (Å²) in [6, 6.07) is 8.22. The van der Waals surface area contributed by atoms with E-state index >= 15 is 0 Å². The van der Waals surface area contributed by atoms with Crippen LogP contribution < -0.4 is 33.6 Å². The van der Waals surface area contributed by atoms with Gasteiger partial charge in [-0.3, -0.25) is 4.79 Å². The summed E-state index contributed by atoms with van der Waals surface area (Å²) in [5.41, 5.74) is 5.64. The van der Waals surface area contributed by atoms with E-state index in [9.17, 15) is 4.79 Å². The van der Waals surface area contributed by atoms with Gasteiger partial charge in [-0.15, -0.1) is 0 Å². The van der Waals surface area contributed by atoms with Gasteiger partial charge in [-0.1, -0.05) is 72.3 Å². The molecule has 0 spiro atoms. The minimum atomic E-state index is 0. The van der Waals surface area contributed by atoms with E-state index < -0.39 is 0 Å². The van der Waals surface area contributed by atoms with E-state index in [1.807, 2.05) is 25.1 Å². The molecule has 2 aromatic rings. The molecule has 0 N–H and O–H groups in total. The Morgan fingerprint density at radius 3 is 1.95 bits per heavy atom. The van der Waals surface area contributed by atoms with Gasteiger partial charge in [-0.05, 0) is 95.3 Å². The number of unbranched alkanes of at least 4 members (excludes halogenated alkanes) is 2. The minimum Gasteiger partial charge on any atom is -1.00 e. The zero-order valence-corrected chi connectivity index (χ0v) is 26.8. The molecule has 3 unspecified atom stereocenters. The fraction of sp³-hybridized carbons (Fsp3) is 0.606. The van der Waals surface area contributed by atoms with Gasteiger partial charge in [0.1, 0.15) is 11.5 Å². The van der Waals surface area contributed by atoms with Crippen LogP contribution in [0.15, 0.2) is 24.3 Å². The zero-order chi connectivity index (χ0) is 27.4. The molecule has 0 heterocycles. The minimum absolute atomic E-state index is 0. The molecule has 5 heteroatoms. The molecule has 2 aromatic carbocycles. The topological polar surface area (TPSA) is 35.5 Å². The van der Waals surface area contributed by atoms with Crippen LogP contribution >= 0.6 is 8.58 Å². The number of hydrogen-bond donors (Lipinski definition) is 0. The van der Waals surface area contributed by atoms with Crippen molar-refractivity contribution in [3.8, 4) is 11.5 Å². The van der Waals surface area contributed by atoms with Crippen LogP contribution in [-0.4, -0.2) is 18.7 Å². The Morgan fingerprint density at radius 2 is 1.39 bits per heavy atom. The van der Waals surface area contributed by atoms with Crippen molar-refractivity contribution in [2.45, 2.75) is 107 Å². The van der Waals surface area contributed by atoms with Crippen LogP contribution in [0.4, 0.5) is 0 Å². The molecule has 0 saturated carbocycles. The van der Waals surface area contributed by atoms with E-state index in [2.05, 4.69) is 54.5 Å². The van der Waals surface area contributed by atoms with Crippen molar-refractivity contribution in [1.29, 1.82) is 0 Å². The first kappa shape index (κ1) is 34.8. The molecule has 0 saturated heterocycles. The van der Waals surface area contributed by atoms with E-state index in [1.165, 1.54) is 49.7 Å². The summed E-state index contributed by atoms with van der Waals surface area (Å²) >= 11 is 0. The standard InChI is InChI=1S/C33H51O3P.Li.H/c1-9-13-15-27(11-3)21-35-29-17-18-31(30(20-29)36-22-28(12-4)16-14-10-2)37-33(34)32-24(6)19-23(5)25(7)26(32)8;;/h17-20,27-28,37H,9-16,21-22H2,1-8H3;;/q;+1;-1. The number of aryl methyl sites for hydroxylation is 2. The molecular formula is C33H52LiO3P. The second kappa shape index (κ2) is 18.2. The van der Waals surface area contributed by atoms with Gasteiger partial charge in [0, 0.05) is 16.9 Å². The Hall–Kier alpha value is -1.26. The van der Waals surface area contributed by atoms with Crippen LogP contribution in [0.2, 0.25) is 0 Å². The SMILES string of the molecule is CCCCC(CC)COc1ccc(PC(=O)c2c(C)cc(C)c(C)c2C)c(OCC(CC)CCCC)c1.[H-].[Li+]. The fourth-order valence-corrected chi connectivity index (χ4v) is 6.04. The molecule has 0 fully saturated rings. The Kier molecular flexibility index (Phi) is 16.6. The van der Waals surface area contributed by atoms with Crippen molar-refractivity contribution in [3.63, 3.8) is 0 Å². The summed E-state index contributed by atoms with van der Waals surface area (Å²) in [6.45, 7) is 18.7. The van der Waals surface area contributed by atoms with Gasteiger partial charge in [0.2, 0.25) is 0 Å². The van der Waals surface area contributed by atoms with Gasteiger partial charge in [0.25, 0.3) is 0 Å². The van der Waals surface area contributed by atoms with E-state index in [0.717, 1.165) is 52.9 Å². The molecule has 0 aliphatic heterocycles. The first-order valence-electron chi connectivity index (χ1n) is 14.5. The number of ether oxygens (including phenoxy) is 2. The van der Waals surface area contributed by atoms with Crippen molar-refractivity contribution in [2.24, 2.45) is 11.8 Å². The van der Waals surface area contributed by atoms with E-state index in [0.29, 0.717) is 18.4 Å². The quantitative estimate of drug-likeness (QED) is 0.175. The average Bonchev–Trinajstić information content (AvgIpc) is 2.88. The molecule has 38 heavy (non-hydrogen) atoms. The third kappa shape index (κ3) is 10.4. The summed E-state index contributed by atoms with van der Waals surface area (Å²) in [7, 11) is 0.0198. The monoisotopic (exact) mass is 534 g/mol. The van der Waals surface area contributed by atoms with E-state index in [1.54, 1.807) is 0 Å². The molecule has 2 rings (SSSR count). The van der Waals surface area contributed by atoms with Crippen LogP contribution in [0.5, 0.6) is 11.5 Å². The number of rotatable bonds is 17. The molecular weight excluding hydrogens is 482 g/mol.